The summed E-state index contributed by atoms with van der Waals surface area (Å²) in [6, 6.07) is 7.90. The van der Waals surface area contributed by atoms with E-state index in [1.165, 1.54) is 24.3 Å². The van der Waals surface area contributed by atoms with E-state index in [1.807, 2.05) is 0 Å². The van der Waals surface area contributed by atoms with E-state index in [4.69, 9.17) is 0 Å². The molecule has 0 aliphatic carbocycles. The third-order valence-corrected chi connectivity index (χ3v) is 2.73. The molecular formula is C15H9F2NO3. The molecule has 2 aromatic carbocycles. The summed E-state index contributed by atoms with van der Waals surface area (Å²) in [4.78, 5) is 21.7. The monoisotopic (exact) mass is 289 g/mol. The Balaban J connectivity index is 2.19. The van der Waals surface area contributed by atoms with Crippen molar-refractivity contribution in [2.75, 3.05) is 0 Å². The Morgan fingerprint density at radius 3 is 2.38 bits per heavy atom. The maximum absolute atomic E-state index is 13.4. The Labute approximate surface area is 118 Å². The predicted octanol–water partition coefficient (Wildman–Crippen LogP) is 3.77. The number of rotatable bonds is 4. The fraction of sp³-hybridized carbons (Fsp3) is 0. The second kappa shape index (κ2) is 6.04. The summed E-state index contributed by atoms with van der Waals surface area (Å²) in [7, 11) is 0. The number of non-ortho nitro benzene ring substituents is 1. The second-order valence-corrected chi connectivity index (χ2v) is 4.17. The number of nitro benzene ring substituents is 1. The quantitative estimate of drug-likeness (QED) is 0.372. The van der Waals surface area contributed by atoms with Crippen molar-refractivity contribution in [3.8, 4) is 0 Å². The summed E-state index contributed by atoms with van der Waals surface area (Å²) < 4.78 is 26.3. The highest BCUT2D eigenvalue weighted by molar-refractivity contribution is 6.06. The van der Waals surface area contributed by atoms with Crippen LogP contribution in [0.2, 0.25) is 0 Å². The lowest BCUT2D eigenvalue weighted by atomic mass is 10.1. The van der Waals surface area contributed by atoms with E-state index in [1.54, 1.807) is 0 Å². The Morgan fingerprint density at radius 1 is 1.10 bits per heavy atom. The molecule has 0 atom stereocenters. The predicted molar refractivity (Wildman–Crippen MR) is 72.8 cm³/mol. The molecule has 4 nitrogen and oxygen atoms in total. The third kappa shape index (κ3) is 3.56. The summed E-state index contributed by atoms with van der Waals surface area (Å²) in [6.45, 7) is 0. The van der Waals surface area contributed by atoms with Crippen molar-refractivity contribution in [2.45, 2.75) is 0 Å². The van der Waals surface area contributed by atoms with Gasteiger partial charge >= 0.3 is 0 Å². The molecule has 0 amide bonds. The van der Waals surface area contributed by atoms with E-state index in [0.717, 1.165) is 30.4 Å². The van der Waals surface area contributed by atoms with E-state index in [0.29, 0.717) is 0 Å². The van der Waals surface area contributed by atoms with Gasteiger partial charge < -0.3 is 0 Å². The summed E-state index contributed by atoms with van der Waals surface area (Å²) in [6.07, 6.45) is 2.24. The summed E-state index contributed by atoms with van der Waals surface area (Å²) in [5.74, 6) is -1.73. The molecule has 0 heterocycles. The minimum absolute atomic E-state index is 0.0507. The van der Waals surface area contributed by atoms with Crippen molar-refractivity contribution in [1.82, 2.24) is 0 Å². The van der Waals surface area contributed by atoms with Crippen LogP contribution >= 0.6 is 0 Å². The smallest absolute Gasteiger partial charge is 0.269 e. The summed E-state index contributed by atoms with van der Waals surface area (Å²) in [5.41, 5.74) is 0.0330. The zero-order chi connectivity index (χ0) is 15.4. The third-order valence-electron chi connectivity index (χ3n) is 2.73. The topological polar surface area (TPSA) is 60.2 Å². The maximum Gasteiger partial charge on any atom is 0.269 e. The standard InChI is InChI=1S/C15H9F2NO3/c16-12-4-7-14(17)11(9-12)3-8-15(19)10-1-5-13(6-2-10)18(20)21/h1-9H/b8-3+. The Morgan fingerprint density at radius 2 is 1.76 bits per heavy atom. The first-order valence-corrected chi connectivity index (χ1v) is 5.89. The minimum atomic E-state index is -0.649. The molecule has 0 radical (unpaired) electrons. The van der Waals surface area contributed by atoms with Crippen LogP contribution in [0.15, 0.2) is 48.5 Å². The van der Waals surface area contributed by atoms with Crippen LogP contribution in [-0.2, 0) is 0 Å². The number of benzene rings is 2. The van der Waals surface area contributed by atoms with E-state index >= 15 is 0 Å². The number of hydrogen-bond donors (Lipinski definition) is 0. The van der Waals surface area contributed by atoms with Crippen molar-refractivity contribution in [2.24, 2.45) is 0 Å². The van der Waals surface area contributed by atoms with E-state index < -0.39 is 22.3 Å². The average Bonchev–Trinajstić information content (AvgIpc) is 2.48. The van der Waals surface area contributed by atoms with Gasteiger partial charge in [-0.05, 0) is 42.5 Å². The lowest BCUT2D eigenvalue weighted by Crippen LogP contribution is -1.95. The van der Waals surface area contributed by atoms with Gasteiger partial charge in [0.1, 0.15) is 11.6 Å². The Hall–Kier alpha value is -2.89. The molecule has 0 saturated heterocycles. The van der Waals surface area contributed by atoms with Gasteiger partial charge in [-0.2, -0.15) is 0 Å². The van der Waals surface area contributed by atoms with Gasteiger partial charge in [0.25, 0.3) is 5.69 Å². The van der Waals surface area contributed by atoms with Gasteiger partial charge in [-0.3, -0.25) is 14.9 Å². The zero-order valence-corrected chi connectivity index (χ0v) is 10.6. The van der Waals surface area contributed by atoms with Crippen LogP contribution in [0, 0.1) is 21.7 Å². The number of nitrogens with zero attached hydrogens (tertiary/aromatic N) is 1. The van der Waals surface area contributed by atoms with E-state index in [9.17, 15) is 23.7 Å². The van der Waals surface area contributed by atoms with Crippen LogP contribution in [0.25, 0.3) is 6.08 Å². The molecule has 0 aliphatic rings. The van der Waals surface area contributed by atoms with Crippen molar-refractivity contribution in [1.29, 1.82) is 0 Å². The highest BCUT2D eigenvalue weighted by atomic mass is 19.1. The summed E-state index contributed by atoms with van der Waals surface area (Å²) >= 11 is 0. The maximum atomic E-state index is 13.4. The largest absolute Gasteiger partial charge is 0.289 e. The molecule has 6 heteroatoms. The van der Waals surface area contributed by atoms with Crippen LogP contribution in [-0.4, -0.2) is 10.7 Å². The Kier molecular flexibility index (Phi) is 4.18. The van der Waals surface area contributed by atoms with Gasteiger partial charge in [0, 0.05) is 23.3 Å². The number of ketones is 1. The normalized spacial score (nSPS) is 10.8. The average molecular weight is 289 g/mol. The molecule has 106 valence electrons. The first-order valence-electron chi connectivity index (χ1n) is 5.89. The van der Waals surface area contributed by atoms with Crippen LogP contribution < -0.4 is 0 Å². The van der Waals surface area contributed by atoms with Crippen LogP contribution in [0.3, 0.4) is 0 Å². The molecule has 2 aromatic rings. The van der Waals surface area contributed by atoms with Crippen molar-refractivity contribution in [3.63, 3.8) is 0 Å². The molecular weight excluding hydrogens is 280 g/mol. The molecule has 0 aliphatic heterocycles. The highest BCUT2D eigenvalue weighted by Crippen LogP contribution is 2.15. The molecule has 0 fully saturated rings. The first-order chi connectivity index (χ1) is 9.97. The number of nitro groups is 1. The Bertz CT molecular complexity index is 724. The van der Waals surface area contributed by atoms with Gasteiger partial charge in [0.2, 0.25) is 0 Å². The molecule has 2 rings (SSSR count). The van der Waals surface area contributed by atoms with Crippen LogP contribution in [0.4, 0.5) is 14.5 Å². The minimum Gasteiger partial charge on any atom is -0.289 e. The molecule has 0 aromatic heterocycles. The molecule has 21 heavy (non-hydrogen) atoms. The van der Waals surface area contributed by atoms with Gasteiger partial charge in [-0.25, -0.2) is 8.78 Å². The lowest BCUT2D eigenvalue weighted by Gasteiger charge is -1.98. The highest BCUT2D eigenvalue weighted by Gasteiger charge is 2.07. The molecule has 0 bridgehead atoms. The van der Waals surface area contributed by atoms with Crippen molar-refractivity contribution >= 4 is 17.5 Å². The number of allylic oxidation sites excluding steroid dienone is 1. The number of halogens is 2. The SMILES string of the molecule is O=C(/C=C/c1cc(F)ccc1F)c1ccc([N+](=O)[O-])cc1. The fourth-order valence-electron chi connectivity index (χ4n) is 1.65. The van der Waals surface area contributed by atoms with E-state index in [-0.39, 0.29) is 16.8 Å². The first kappa shape index (κ1) is 14.5. The fourth-order valence-corrected chi connectivity index (χ4v) is 1.65. The number of hydrogen-bond acceptors (Lipinski definition) is 3. The van der Waals surface area contributed by atoms with Gasteiger partial charge in [-0.15, -0.1) is 0 Å². The van der Waals surface area contributed by atoms with Gasteiger partial charge in [-0.1, -0.05) is 0 Å². The van der Waals surface area contributed by atoms with Gasteiger partial charge in [0.05, 0.1) is 4.92 Å². The molecule has 0 saturated carbocycles. The van der Waals surface area contributed by atoms with Crippen molar-refractivity contribution in [3.05, 3.63) is 81.4 Å². The summed E-state index contributed by atoms with van der Waals surface area (Å²) in [5, 5.41) is 10.5. The molecule has 0 spiro atoms. The lowest BCUT2D eigenvalue weighted by molar-refractivity contribution is -0.384. The molecule has 0 unspecified atom stereocenters. The zero-order valence-electron chi connectivity index (χ0n) is 10.6. The number of carbonyl (C=O) groups excluding carboxylic acids is 1. The van der Waals surface area contributed by atoms with Crippen molar-refractivity contribution < 1.29 is 18.5 Å². The molecule has 0 N–H and O–H groups in total. The van der Waals surface area contributed by atoms with E-state index in [2.05, 4.69) is 0 Å². The second-order valence-electron chi connectivity index (χ2n) is 4.17. The van der Waals surface area contributed by atoms with Crippen LogP contribution in [0.5, 0.6) is 0 Å². The van der Waals surface area contributed by atoms with Gasteiger partial charge in [0.15, 0.2) is 5.78 Å². The number of carbonyl (C=O) groups is 1. The van der Waals surface area contributed by atoms with Crippen LogP contribution in [0.1, 0.15) is 15.9 Å².